The lowest BCUT2D eigenvalue weighted by Crippen LogP contribution is -2.22. The van der Waals surface area contributed by atoms with Crippen LogP contribution < -0.4 is 10.1 Å². The van der Waals surface area contributed by atoms with Gasteiger partial charge in [-0.2, -0.15) is 5.26 Å². The number of nitrogens with one attached hydrogen (secondary N) is 1. The predicted octanol–water partition coefficient (Wildman–Crippen LogP) is 3.22. The molecule has 0 aliphatic heterocycles. The van der Waals surface area contributed by atoms with E-state index in [1.54, 1.807) is 6.20 Å². The highest BCUT2D eigenvalue weighted by Gasteiger charge is 2.16. The van der Waals surface area contributed by atoms with Crippen LogP contribution >= 0.6 is 0 Å². The van der Waals surface area contributed by atoms with Crippen molar-refractivity contribution in [1.29, 1.82) is 5.26 Å². The summed E-state index contributed by atoms with van der Waals surface area (Å²) in [6, 6.07) is 6.00. The molecule has 4 heteroatoms. The fourth-order valence-corrected chi connectivity index (χ4v) is 1.54. The van der Waals surface area contributed by atoms with Gasteiger partial charge in [0.15, 0.2) is 0 Å². The van der Waals surface area contributed by atoms with Crippen LogP contribution in [0.15, 0.2) is 18.3 Å². The highest BCUT2D eigenvalue weighted by Crippen LogP contribution is 2.23. The van der Waals surface area contributed by atoms with Crippen molar-refractivity contribution in [3.8, 4) is 11.9 Å². The zero-order valence-corrected chi connectivity index (χ0v) is 11.4. The molecule has 0 saturated heterocycles. The standard InChI is InChI=1S/C14H21N3O/c1-4-18-13-7-6-12(10-16-13)17-11-14(2,3)8-5-9-15/h6-7,10,17H,4-5,8,11H2,1-3H3. The molecule has 4 nitrogen and oxygen atoms in total. The summed E-state index contributed by atoms with van der Waals surface area (Å²) in [6.45, 7) is 7.69. The average molecular weight is 247 g/mol. The first-order chi connectivity index (χ1) is 8.57. The first-order valence-electron chi connectivity index (χ1n) is 6.27. The minimum Gasteiger partial charge on any atom is -0.478 e. The molecule has 1 aromatic heterocycles. The van der Waals surface area contributed by atoms with Gasteiger partial charge in [-0.15, -0.1) is 0 Å². The normalized spacial score (nSPS) is 10.8. The van der Waals surface area contributed by atoms with E-state index in [-0.39, 0.29) is 5.41 Å². The van der Waals surface area contributed by atoms with Crippen molar-refractivity contribution in [1.82, 2.24) is 4.98 Å². The Morgan fingerprint density at radius 3 is 2.78 bits per heavy atom. The van der Waals surface area contributed by atoms with Crippen molar-refractivity contribution < 1.29 is 4.74 Å². The Hall–Kier alpha value is -1.76. The molecule has 0 radical (unpaired) electrons. The van der Waals surface area contributed by atoms with Gasteiger partial charge >= 0.3 is 0 Å². The summed E-state index contributed by atoms with van der Waals surface area (Å²) in [5.41, 5.74) is 1.08. The van der Waals surface area contributed by atoms with Crippen LogP contribution in [0.5, 0.6) is 5.88 Å². The van der Waals surface area contributed by atoms with Crippen molar-refractivity contribution >= 4 is 5.69 Å². The van der Waals surface area contributed by atoms with Crippen molar-refractivity contribution in [3.63, 3.8) is 0 Å². The van der Waals surface area contributed by atoms with Gasteiger partial charge in [-0.1, -0.05) is 13.8 Å². The van der Waals surface area contributed by atoms with Crippen molar-refractivity contribution in [3.05, 3.63) is 18.3 Å². The minimum absolute atomic E-state index is 0.105. The SMILES string of the molecule is CCOc1ccc(NCC(C)(C)CCC#N)cn1. The van der Waals surface area contributed by atoms with Crippen LogP contribution in [0.25, 0.3) is 0 Å². The van der Waals surface area contributed by atoms with E-state index in [1.807, 2.05) is 19.1 Å². The van der Waals surface area contributed by atoms with E-state index in [2.05, 4.69) is 30.2 Å². The minimum atomic E-state index is 0.105. The van der Waals surface area contributed by atoms with Crippen molar-refractivity contribution in [2.45, 2.75) is 33.6 Å². The van der Waals surface area contributed by atoms with Crippen LogP contribution in [0, 0.1) is 16.7 Å². The molecule has 1 heterocycles. The third-order valence-electron chi connectivity index (χ3n) is 2.71. The van der Waals surface area contributed by atoms with Gasteiger partial charge < -0.3 is 10.1 Å². The number of nitrogens with zero attached hydrogens (tertiary/aromatic N) is 2. The number of ether oxygens (including phenoxy) is 1. The first-order valence-corrected chi connectivity index (χ1v) is 6.27. The molecule has 0 aliphatic rings. The van der Waals surface area contributed by atoms with Gasteiger partial charge in [0.2, 0.25) is 5.88 Å². The fraction of sp³-hybridized carbons (Fsp3) is 0.571. The van der Waals surface area contributed by atoms with Crippen LogP contribution in [0.4, 0.5) is 5.69 Å². The van der Waals surface area contributed by atoms with E-state index in [0.717, 1.165) is 18.7 Å². The Balaban J connectivity index is 2.45. The maximum absolute atomic E-state index is 8.60. The number of pyridine rings is 1. The Labute approximate surface area is 109 Å². The second-order valence-electron chi connectivity index (χ2n) is 4.99. The molecule has 0 spiro atoms. The third-order valence-corrected chi connectivity index (χ3v) is 2.71. The Morgan fingerprint density at radius 1 is 1.44 bits per heavy atom. The maximum Gasteiger partial charge on any atom is 0.213 e. The lowest BCUT2D eigenvalue weighted by atomic mass is 9.88. The highest BCUT2D eigenvalue weighted by atomic mass is 16.5. The molecular formula is C14H21N3O. The Bertz CT molecular complexity index is 392. The Morgan fingerprint density at radius 2 is 2.22 bits per heavy atom. The second kappa shape index (κ2) is 6.85. The molecule has 0 unspecified atom stereocenters. The Kier molecular flexibility index (Phi) is 5.44. The summed E-state index contributed by atoms with van der Waals surface area (Å²) in [5, 5.41) is 11.9. The van der Waals surface area contributed by atoms with Crippen LogP contribution in [0.1, 0.15) is 33.6 Å². The van der Waals surface area contributed by atoms with Crippen LogP contribution in [0.2, 0.25) is 0 Å². The van der Waals surface area contributed by atoms with Crippen molar-refractivity contribution in [2.24, 2.45) is 5.41 Å². The zero-order valence-electron chi connectivity index (χ0n) is 11.4. The fourth-order valence-electron chi connectivity index (χ4n) is 1.54. The number of nitriles is 1. The molecule has 0 fully saturated rings. The van der Waals surface area contributed by atoms with E-state index in [1.165, 1.54) is 0 Å². The van der Waals surface area contributed by atoms with Gasteiger partial charge in [-0.25, -0.2) is 4.98 Å². The molecule has 0 saturated carbocycles. The number of hydrogen-bond donors (Lipinski definition) is 1. The number of rotatable bonds is 7. The van der Waals surface area contributed by atoms with E-state index < -0.39 is 0 Å². The second-order valence-corrected chi connectivity index (χ2v) is 4.99. The molecule has 1 N–H and O–H groups in total. The smallest absolute Gasteiger partial charge is 0.213 e. The first kappa shape index (κ1) is 14.3. The summed E-state index contributed by atoms with van der Waals surface area (Å²) in [4.78, 5) is 4.19. The summed E-state index contributed by atoms with van der Waals surface area (Å²) >= 11 is 0. The lowest BCUT2D eigenvalue weighted by molar-refractivity contribution is 0.327. The molecule has 0 aliphatic carbocycles. The van der Waals surface area contributed by atoms with Gasteiger partial charge in [0.25, 0.3) is 0 Å². The van der Waals surface area contributed by atoms with Gasteiger partial charge in [0.05, 0.1) is 24.6 Å². The molecule has 0 aromatic carbocycles. The van der Waals surface area contributed by atoms with Gasteiger partial charge in [-0.05, 0) is 24.8 Å². The molecular weight excluding hydrogens is 226 g/mol. The predicted molar refractivity (Wildman–Crippen MR) is 72.5 cm³/mol. The summed E-state index contributed by atoms with van der Waals surface area (Å²) < 4.78 is 5.28. The largest absolute Gasteiger partial charge is 0.478 e. The molecule has 1 aromatic rings. The van der Waals surface area contributed by atoms with Crippen molar-refractivity contribution in [2.75, 3.05) is 18.5 Å². The van der Waals surface area contributed by atoms with Crippen LogP contribution in [0.3, 0.4) is 0 Å². The lowest BCUT2D eigenvalue weighted by Gasteiger charge is -2.24. The summed E-state index contributed by atoms with van der Waals surface area (Å²) in [7, 11) is 0. The third kappa shape index (κ3) is 5.05. The van der Waals surface area contributed by atoms with E-state index >= 15 is 0 Å². The van der Waals surface area contributed by atoms with Crippen LogP contribution in [-0.4, -0.2) is 18.1 Å². The number of aromatic nitrogens is 1. The topological polar surface area (TPSA) is 57.9 Å². The summed E-state index contributed by atoms with van der Waals surface area (Å²) in [5.74, 6) is 0.645. The monoisotopic (exact) mass is 247 g/mol. The van der Waals surface area contributed by atoms with Gasteiger partial charge in [0, 0.05) is 19.0 Å². The molecule has 1 rings (SSSR count). The van der Waals surface area contributed by atoms with E-state index in [9.17, 15) is 0 Å². The molecule has 0 amide bonds. The summed E-state index contributed by atoms with van der Waals surface area (Å²) in [6.07, 6.45) is 3.25. The number of hydrogen-bond acceptors (Lipinski definition) is 4. The number of anilines is 1. The average Bonchev–Trinajstić information content (AvgIpc) is 2.36. The van der Waals surface area contributed by atoms with Gasteiger partial charge in [-0.3, -0.25) is 0 Å². The van der Waals surface area contributed by atoms with Gasteiger partial charge in [0.1, 0.15) is 0 Å². The maximum atomic E-state index is 8.60. The molecule has 18 heavy (non-hydrogen) atoms. The van der Waals surface area contributed by atoms with E-state index in [4.69, 9.17) is 10.00 Å². The zero-order chi connectivity index (χ0) is 13.4. The quantitative estimate of drug-likeness (QED) is 0.803. The molecule has 0 bridgehead atoms. The van der Waals surface area contributed by atoms with E-state index in [0.29, 0.717) is 18.9 Å². The molecule has 0 atom stereocenters. The molecule has 98 valence electrons. The van der Waals surface area contributed by atoms with Crippen LogP contribution in [-0.2, 0) is 0 Å². The highest BCUT2D eigenvalue weighted by molar-refractivity contribution is 5.42.